The molecule has 25 heavy (non-hydrogen) atoms. The van der Waals surface area contributed by atoms with Crippen molar-refractivity contribution >= 4 is 21.4 Å². The van der Waals surface area contributed by atoms with Crippen molar-refractivity contribution in [2.75, 3.05) is 6.26 Å². The maximum atomic E-state index is 11.3. The molecule has 0 bridgehead atoms. The molecule has 0 amide bonds. The Morgan fingerprint density at radius 2 is 1.36 bits per heavy atom. The van der Waals surface area contributed by atoms with Crippen LogP contribution in [0, 0.1) is 6.92 Å². The van der Waals surface area contributed by atoms with Crippen molar-refractivity contribution in [1.29, 1.82) is 0 Å². The van der Waals surface area contributed by atoms with Crippen molar-refractivity contribution in [3.8, 4) is 0 Å². The standard InChI is InChI=1S/C9H11ClO2S.C7H8.C3H8.2CH4/c1-3-7-8(10)5-4-6-9(7)13(2,11)12;1-7-5-3-2-4-6-7;1-3-2;;/h4-6H,3H2,1-2H3;2-6H,1H3;3H2,1-2H3;2*1H4. The molecule has 0 unspecified atom stereocenters. The molecule has 0 aromatic heterocycles. The Kier molecular flexibility index (Phi) is 17.1. The van der Waals surface area contributed by atoms with Gasteiger partial charge in [-0.15, -0.1) is 0 Å². The number of aryl methyl sites for hydroxylation is 1. The topological polar surface area (TPSA) is 34.1 Å². The van der Waals surface area contributed by atoms with E-state index in [0.717, 1.165) is 0 Å². The van der Waals surface area contributed by atoms with Crippen LogP contribution >= 0.6 is 11.6 Å². The lowest BCUT2D eigenvalue weighted by atomic mass is 10.2. The van der Waals surface area contributed by atoms with Crippen molar-refractivity contribution in [2.45, 2.75) is 60.3 Å². The molecule has 0 N–H and O–H groups in total. The highest BCUT2D eigenvalue weighted by Crippen LogP contribution is 2.24. The molecular formula is C21H35ClO2S. The lowest BCUT2D eigenvalue weighted by molar-refractivity contribution is 0.601. The maximum absolute atomic E-state index is 11.3. The number of halogens is 1. The first-order chi connectivity index (χ1) is 10.8. The van der Waals surface area contributed by atoms with Crippen LogP contribution < -0.4 is 0 Å². The fourth-order valence-corrected chi connectivity index (χ4v) is 3.16. The minimum absolute atomic E-state index is 0. The largest absolute Gasteiger partial charge is 0.224 e. The molecule has 2 aromatic carbocycles. The molecule has 0 atom stereocenters. The smallest absolute Gasteiger partial charge is 0.175 e. The van der Waals surface area contributed by atoms with Gasteiger partial charge in [-0.1, -0.05) is 95.6 Å². The van der Waals surface area contributed by atoms with Crippen LogP contribution in [0.25, 0.3) is 0 Å². The van der Waals surface area contributed by atoms with E-state index < -0.39 is 9.84 Å². The Labute approximate surface area is 161 Å². The van der Waals surface area contributed by atoms with Crippen LogP contribution in [0.3, 0.4) is 0 Å². The summed E-state index contributed by atoms with van der Waals surface area (Å²) in [7, 11) is -3.15. The average Bonchev–Trinajstić information content (AvgIpc) is 2.48. The molecule has 4 heteroatoms. The average molecular weight is 387 g/mol. The van der Waals surface area contributed by atoms with Crippen molar-refractivity contribution in [1.82, 2.24) is 0 Å². The van der Waals surface area contributed by atoms with Crippen LogP contribution in [-0.2, 0) is 16.3 Å². The first kappa shape index (κ1) is 28.5. The second-order valence-corrected chi connectivity index (χ2v) is 7.60. The normalized spacial score (nSPS) is 9.20. The predicted octanol–water partition coefficient (Wildman–Crippen LogP) is 6.99. The van der Waals surface area contributed by atoms with Gasteiger partial charge in [-0.2, -0.15) is 0 Å². The Morgan fingerprint density at radius 1 is 0.880 bits per heavy atom. The second-order valence-electron chi connectivity index (χ2n) is 5.20. The molecule has 0 saturated carbocycles. The van der Waals surface area contributed by atoms with Gasteiger partial charge < -0.3 is 0 Å². The van der Waals surface area contributed by atoms with E-state index in [1.807, 2.05) is 25.1 Å². The number of rotatable bonds is 2. The van der Waals surface area contributed by atoms with E-state index in [0.29, 0.717) is 21.9 Å². The quantitative estimate of drug-likeness (QED) is 0.557. The van der Waals surface area contributed by atoms with Crippen LogP contribution in [0.1, 0.15) is 53.2 Å². The summed E-state index contributed by atoms with van der Waals surface area (Å²) in [6, 6.07) is 15.2. The highest BCUT2D eigenvalue weighted by molar-refractivity contribution is 7.90. The highest BCUT2D eigenvalue weighted by atomic mass is 35.5. The van der Waals surface area contributed by atoms with Gasteiger partial charge in [0.2, 0.25) is 0 Å². The summed E-state index contributed by atoms with van der Waals surface area (Å²) in [5.74, 6) is 0. The lowest BCUT2D eigenvalue weighted by Crippen LogP contribution is -2.02. The number of hydrogen-bond acceptors (Lipinski definition) is 2. The van der Waals surface area contributed by atoms with Gasteiger partial charge >= 0.3 is 0 Å². The molecule has 0 heterocycles. The molecule has 0 saturated heterocycles. The third-order valence-electron chi connectivity index (χ3n) is 2.77. The Hall–Kier alpha value is -1.32. The zero-order chi connectivity index (χ0) is 17.9. The highest BCUT2D eigenvalue weighted by Gasteiger charge is 2.13. The molecule has 0 aliphatic carbocycles. The summed E-state index contributed by atoms with van der Waals surface area (Å²) in [5.41, 5.74) is 2.02. The first-order valence-electron chi connectivity index (χ1n) is 7.76. The van der Waals surface area contributed by atoms with Crippen molar-refractivity contribution in [2.24, 2.45) is 0 Å². The van der Waals surface area contributed by atoms with Gasteiger partial charge in [0.15, 0.2) is 9.84 Å². The van der Waals surface area contributed by atoms with Gasteiger partial charge in [-0.3, -0.25) is 0 Å². The van der Waals surface area contributed by atoms with E-state index in [1.54, 1.807) is 18.2 Å². The molecule has 0 fully saturated rings. The number of hydrogen-bond donors (Lipinski definition) is 0. The lowest BCUT2D eigenvalue weighted by Gasteiger charge is -2.06. The Bertz CT molecular complexity index is 666. The summed E-state index contributed by atoms with van der Waals surface area (Å²) in [6.45, 7) is 8.22. The van der Waals surface area contributed by atoms with Crippen LogP contribution in [0.4, 0.5) is 0 Å². The summed E-state index contributed by atoms with van der Waals surface area (Å²) in [4.78, 5) is 0.336. The number of benzene rings is 2. The van der Waals surface area contributed by atoms with E-state index in [-0.39, 0.29) is 14.9 Å². The zero-order valence-corrected chi connectivity index (χ0v) is 16.2. The molecule has 144 valence electrons. The van der Waals surface area contributed by atoms with Crippen molar-refractivity contribution in [3.05, 3.63) is 64.7 Å². The van der Waals surface area contributed by atoms with Gasteiger partial charge in [-0.25, -0.2) is 8.42 Å². The van der Waals surface area contributed by atoms with E-state index in [1.165, 1.54) is 18.2 Å². The minimum atomic E-state index is -3.15. The molecule has 0 radical (unpaired) electrons. The molecule has 2 aromatic rings. The van der Waals surface area contributed by atoms with Gasteiger partial charge in [0.05, 0.1) is 4.90 Å². The molecule has 0 aliphatic rings. The maximum Gasteiger partial charge on any atom is 0.175 e. The Balaban J connectivity index is -0.000000344. The summed E-state index contributed by atoms with van der Waals surface area (Å²) >= 11 is 5.87. The summed E-state index contributed by atoms with van der Waals surface area (Å²) in [5, 5.41) is 0.519. The van der Waals surface area contributed by atoms with Gasteiger partial charge in [-0.05, 0) is 31.0 Å². The number of sulfone groups is 1. The molecule has 2 rings (SSSR count). The fourth-order valence-electron chi connectivity index (χ4n) is 1.76. The van der Waals surface area contributed by atoms with Gasteiger partial charge in [0.1, 0.15) is 0 Å². The van der Waals surface area contributed by atoms with E-state index in [9.17, 15) is 8.42 Å². The summed E-state index contributed by atoms with van der Waals surface area (Å²) in [6.07, 6.45) is 3.07. The van der Waals surface area contributed by atoms with Crippen molar-refractivity contribution < 1.29 is 8.42 Å². The van der Waals surface area contributed by atoms with Crippen molar-refractivity contribution in [3.63, 3.8) is 0 Å². The third-order valence-corrected chi connectivity index (χ3v) is 4.30. The monoisotopic (exact) mass is 386 g/mol. The summed E-state index contributed by atoms with van der Waals surface area (Å²) < 4.78 is 22.6. The molecule has 2 nitrogen and oxygen atoms in total. The Morgan fingerprint density at radius 3 is 1.64 bits per heavy atom. The van der Waals surface area contributed by atoms with E-state index in [2.05, 4.69) is 32.9 Å². The molecular weight excluding hydrogens is 352 g/mol. The SMILES string of the molecule is C.C.CCC.CCc1c(Cl)cccc1S(C)(=O)=O.Cc1ccccc1. The molecule has 0 spiro atoms. The van der Waals surface area contributed by atoms with Gasteiger partial charge in [0.25, 0.3) is 0 Å². The molecule has 0 aliphatic heterocycles. The van der Waals surface area contributed by atoms with Crippen LogP contribution in [-0.4, -0.2) is 14.7 Å². The van der Waals surface area contributed by atoms with E-state index in [4.69, 9.17) is 11.6 Å². The van der Waals surface area contributed by atoms with E-state index >= 15 is 0 Å². The predicted molar refractivity (Wildman–Crippen MR) is 115 cm³/mol. The third kappa shape index (κ3) is 11.8. The fraction of sp³-hybridized carbons (Fsp3) is 0.429. The van der Waals surface area contributed by atoms with Gasteiger partial charge in [0, 0.05) is 11.3 Å². The minimum Gasteiger partial charge on any atom is -0.224 e. The van der Waals surface area contributed by atoms with Crippen LogP contribution in [0.15, 0.2) is 53.4 Å². The zero-order valence-electron chi connectivity index (χ0n) is 14.6. The van der Waals surface area contributed by atoms with Crippen LogP contribution in [0.2, 0.25) is 5.02 Å². The van der Waals surface area contributed by atoms with Crippen LogP contribution in [0.5, 0.6) is 0 Å². The first-order valence-corrected chi connectivity index (χ1v) is 10.0. The second kappa shape index (κ2) is 15.0.